The van der Waals surface area contributed by atoms with Crippen molar-refractivity contribution in [3.8, 4) is 11.5 Å². The Kier molecular flexibility index (Phi) is 4.94. The first kappa shape index (κ1) is 15.1. The number of halogens is 1. The molecule has 0 radical (unpaired) electrons. The van der Waals surface area contributed by atoms with Crippen LogP contribution in [0.1, 0.15) is 15.9 Å². The van der Waals surface area contributed by atoms with Gasteiger partial charge in [-0.3, -0.25) is 4.79 Å². The summed E-state index contributed by atoms with van der Waals surface area (Å²) in [6.45, 7) is 0. The molecule has 2 rings (SSSR count). The molecule has 0 bridgehead atoms. The molecule has 1 amide bonds. The molecule has 108 valence electrons. The quantitative estimate of drug-likeness (QED) is 0.659. The number of phenolic OH excluding ortho intramolecular Hbond substituents is 1. The molecule has 0 aliphatic heterocycles. The van der Waals surface area contributed by atoms with Gasteiger partial charge in [0.2, 0.25) is 0 Å². The maximum atomic E-state index is 11.9. The lowest BCUT2D eigenvalue weighted by Crippen LogP contribution is -2.18. The summed E-state index contributed by atoms with van der Waals surface area (Å²) in [6.07, 6.45) is 1.44. The molecule has 0 unspecified atom stereocenters. The molecule has 0 aliphatic carbocycles. The van der Waals surface area contributed by atoms with Gasteiger partial charge in [-0.05, 0) is 51.8 Å². The number of carbonyl (C=O) groups is 1. The molecule has 2 aromatic carbocycles. The molecule has 2 N–H and O–H groups in total. The Morgan fingerprint density at radius 3 is 2.76 bits per heavy atom. The Balaban J connectivity index is 2.04. The molecule has 0 fully saturated rings. The standard InChI is InChI=1S/C15H13BrN2O3/c1-21-14-7-6-10(8-13(14)19)9-17-18-15(20)11-4-2-3-5-12(11)16/h2-9,19H,1H3,(H,18,20)/b17-9-. The van der Waals surface area contributed by atoms with Crippen molar-refractivity contribution in [1.82, 2.24) is 5.43 Å². The second-order valence-electron chi connectivity index (χ2n) is 4.11. The van der Waals surface area contributed by atoms with Crippen LogP contribution in [-0.4, -0.2) is 24.3 Å². The SMILES string of the molecule is COc1ccc(/C=N\NC(=O)c2ccccc2Br)cc1O. The number of methoxy groups -OCH3 is 1. The molecule has 0 spiro atoms. The van der Waals surface area contributed by atoms with E-state index in [1.165, 1.54) is 19.4 Å². The second kappa shape index (κ2) is 6.90. The molecule has 0 saturated carbocycles. The summed E-state index contributed by atoms with van der Waals surface area (Å²) >= 11 is 3.30. The van der Waals surface area contributed by atoms with E-state index in [2.05, 4.69) is 26.5 Å². The molecular weight excluding hydrogens is 336 g/mol. The van der Waals surface area contributed by atoms with Crippen molar-refractivity contribution < 1.29 is 14.6 Å². The molecule has 21 heavy (non-hydrogen) atoms. The van der Waals surface area contributed by atoms with E-state index in [0.29, 0.717) is 21.3 Å². The molecule has 6 heteroatoms. The van der Waals surface area contributed by atoms with Crippen molar-refractivity contribution in [2.45, 2.75) is 0 Å². The van der Waals surface area contributed by atoms with Crippen LogP contribution in [0.2, 0.25) is 0 Å². The Morgan fingerprint density at radius 2 is 2.10 bits per heavy atom. The number of phenols is 1. The summed E-state index contributed by atoms with van der Waals surface area (Å²) in [7, 11) is 1.47. The van der Waals surface area contributed by atoms with E-state index >= 15 is 0 Å². The zero-order valence-corrected chi connectivity index (χ0v) is 12.8. The first-order valence-corrected chi connectivity index (χ1v) is 6.86. The highest BCUT2D eigenvalue weighted by molar-refractivity contribution is 9.10. The Bertz CT molecular complexity index is 686. The van der Waals surface area contributed by atoms with Gasteiger partial charge in [0.25, 0.3) is 5.91 Å². The summed E-state index contributed by atoms with van der Waals surface area (Å²) in [4.78, 5) is 11.9. The van der Waals surface area contributed by atoms with E-state index in [1.807, 2.05) is 6.07 Å². The van der Waals surface area contributed by atoms with Gasteiger partial charge >= 0.3 is 0 Å². The van der Waals surface area contributed by atoms with Crippen molar-refractivity contribution in [3.05, 3.63) is 58.1 Å². The Labute approximate surface area is 130 Å². The number of nitrogens with one attached hydrogen (secondary N) is 1. The molecule has 0 aliphatic rings. The van der Waals surface area contributed by atoms with Gasteiger partial charge in [0, 0.05) is 4.47 Å². The third kappa shape index (κ3) is 3.82. The number of aromatic hydroxyl groups is 1. The zero-order valence-electron chi connectivity index (χ0n) is 11.2. The van der Waals surface area contributed by atoms with Crippen molar-refractivity contribution in [3.63, 3.8) is 0 Å². The number of benzene rings is 2. The van der Waals surface area contributed by atoms with Crippen LogP contribution in [0.25, 0.3) is 0 Å². The van der Waals surface area contributed by atoms with Gasteiger partial charge in [0.15, 0.2) is 11.5 Å². The van der Waals surface area contributed by atoms with Crippen LogP contribution >= 0.6 is 15.9 Å². The van der Waals surface area contributed by atoms with Crippen LogP contribution in [-0.2, 0) is 0 Å². The number of hydrogen-bond donors (Lipinski definition) is 2. The highest BCUT2D eigenvalue weighted by atomic mass is 79.9. The Hall–Kier alpha value is -2.34. The minimum Gasteiger partial charge on any atom is -0.504 e. The first-order valence-electron chi connectivity index (χ1n) is 6.06. The van der Waals surface area contributed by atoms with Crippen molar-refractivity contribution in [2.75, 3.05) is 7.11 Å². The number of rotatable bonds is 4. The number of ether oxygens (including phenoxy) is 1. The van der Waals surface area contributed by atoms with E-state index in [0.717, 1.165) is 0 Å². The van der Waals surface area contributed by atoms with E-state index in [-0.39, 0.29) is 11.7 Å². The monoisotopic (exact) mass is 348 g/mol. The minimum absolute atomic E-state index is 0.0126. The van der Waals surface area contributed by atoms with Crippen molar-refractivity contribution >= 4 is 28.1 Å². The molecule has 0 heterocycles. The minimum atomic E-state index is -0.323. The number of amides is 1. The maximum absolute atomic E-state index is 11.9. The van der Waals surface area contributed by atoms with Crippen LogP contribution < -0.4 is 10.2 Å². The molecule has 0 atom stereocenters. The van der Waals surface area contributed by atoms with Gasteiger partial charge < -0.3 is 9.84 Å². The third-order valence-corrected chi connectivity index (χ3v) is 3.39. The largest absolute Gasteiger partial charge is 0.504 e. The molecule has 2 aromatic rings. The smallest absolute Gasteiger partial charge is 0.272 e. The Morgan fingerprint density at radius 1 is 1.33 bits per heavy atom. The van der Waals surface area contributed by atoms with Crippen molar-refractivity contribution in [1.29, 1.82) is 0 Å². The second-order valence-corrected chi connectivity index (χ2v) is 4.96. The summed E-state index contributed by atoms with van der Waals surface area (Å²) in [5.74, 6) is 0.0689. The van der Waals surface area contributed by atoms with E-state index in [9.17, 15) is 9.90 Å². The average Bonchev–Trinajstić information content (AvgIpc) is 2.48. The number of carbonyl (C=O) groups excluding carboxylic acids is 1. The fourth-order valence-corrected chi connectivity index (χ4v) is 2.12. The predicted octanol–water partition coefficient (Wildman–Crippen LogP) is 2.93. The highest BCUT2D eigenvalue weighted by Crippen LogP contribution is 2.25. The average molecular weight is 349 g/mol. The van der Waals surface area contributed by atoms with Gasteiger partial charge in [-0.15, -0.1) is 0 Å². The molecule has 0 saturated heterocycles. The lowest BCUT2D eigenvalue weighted by Gasteiger charge is -2.04. The molecule has 0 aromatic heterocycles. The maximum Gasteiger partial charge on any atom is 0.272 e. The third-order valence-electron chi connectivity index (χ3n) is 2.70. The van der Waals surface area contributed by atoms with Crippen LogP contribution in [0.15, 0.2) is 52.0 Å². The number of hydrogen-bond acceptors (Lipinski definition) is 4. The normalized spacial score (nSPS) is 10.6. The fraction of sp³-hybridized carbons (Fsp3) is 0.0667. The number of hydrazone groups is 1. The highest BCUT2D eigenvalue weighted by Gasteiger charge is 2.07. The fourth-order valence-electron chi connectivity index (χ4n) is 1.66. The van der Waals surface area contributed by atoms with Crippen LogP contribution in [0.4, 0.5) is 0 Å². The van der Waals surface area contributed by atoms with Gasteiger partial charge in [0.1, 0.15) is 0 Å². The summed E-state index contributed by atoms with van der Waals surface area (Å²) in [6, 6.07) is 11.9. The van der Waals surface area contributed by atoms with E-state index in [1.54, 1.807) is 30.3 Å². The lowest BCUT2D eigenvalue weighted by atomic mass is 10.2. The summed E-state index contributed by atoms with van der Waals surface area (Å²) < 4.78 is 5.64. The predicted molar refractivity (Wildman–Crippen MR) is 83.9 cm³/mol. The summed E-state index contributed by atoms with van der Waals surface area (Å²) in [5, 5.41) is 13.5. The molecular formula is C15H13BrN2O3. The topological polar surface area (TPSA) is 70.9 Å². The van der Waals surface area contributed by atoms with Gasteiger partial charge in [-0.25, -0.2) is 5.43 Å². The van der Waals surface area contributed by atoms with Gasteiger partial charge in [0.05, 0.1) is 18.9 Å². The number of nitrogens with zero attached hydrogens (tertiary/aromatic N) is 1. The zero-order chi connectivity index (χ0) is 15.2. The van der Waals surface area contributed by atoms with E-state index in [4.69, 9.17) is 4.74 Å². The summed E-state index contributed by atoms with van der Waals surface area (Å²) in [5.41, 5.74) is 3.56. The van der Waals surface area contributed by atoms with Crippen LogP contribution in [0.3, 0.4) is 0 Å². The van der Waals surface area contributed by atoms with Gasteiger partial charge in [-0.2, -0.15) is 5.10 Å². The van der Waals surface area contributed by atoms with Crippen LogP contribution in [0.5, 0.6) is 11.5 Å². The van der Waals surface area contributed by atoms with Crippen molar-refractivity contribution in [2.24, 2.45) is 5.10 Å². The molecule has 5 nitrogen and oxygen atoms in total. The van der Waals surface area contributed by atoms with Gasteiger partial charge in [-0.1, -0.05) is 12.1 Å². The van der Waals surface area contributed by atoms with Crippen LogP contribution in [0, 0.1) is 0 Å². The first-order chi connectivity index (χ1) is 10.1. The van der Waals surface area contributed by atoms with E-state index < -0.39 is 0 Å². The lowest BCUT2D eigenvalue weighted by molar-refractivity contribution is 0.0954.